The molecule has 0 radical (unpaired) electrons. The second kappa shape index (κ2) is 6.80. The zero-order chi connectivity index (χ0) is 15.5. The van der Waals surface area contributed by atoms with Crippen molar-refractivity contribution in [1.82, 2.24) is 10.2 Å². The molecule has 0 aromatic heterocycles. The number of hydrogen-bond donors (Lipinski definition) is 2. The monoisotopic (exact) mass is 302 g/mol. The minimum Gasteiger partial charge on any atom is -0.393 e. The molecule has 120 valence electrons. The Hall–Kier alpha value is -1.39. The molecule has 22 heavy (non-hydrogen) atoms. The van der Waals surface area contributed by atoms with Crippen LogP contribution in [0.4, 0.5) is 0 Å². The lowest BCUT2D eigenvalue weighted by molar-refractivity contribution is -0.123. The number of amides is 1. The normalized spacial score (nSPS) is 25.4. The SMILES string of the molecule is CC[C@H](NC(=O)CCN1Cc2ccccc2C1)C1CC(O)C1. The smallest absolute Gasteiger partial charge is 0.221 e. The van der Waals surface area contributed by atoms with Gasteiger partial charge in [0, 0.05) is 32.1 Å². The second-order valence-corrected chi connectivity index (χ2v) is 6.70. The van der Waals surface area contributed by atoms with Crippen LogP contribution in [-0.4, -0.2) is 34.6 Å². The van der Waals surface area contributed by atoms with Gasteiger partial charge in [-0.3, -0.25) is 9.69 Å². The molecule has 1 aromatic carbocycles. The van der Waals surface area contributed by atoms with Crippen molar-refractivity contribution < 1.29 is 9.90 Å². The Kier molecular flexibility index (Phi) is 4.79. The molecule has 0 spiro atoms. The highest BCUT2D eigenvalue weighted by Crippen LogP contribution is 2.31. The Morgan fingerprint density at radius 3 is 2.50 bits per heavy atom. The van der Waals surface area contributed by atoms with Crippen molar-refractivity contribution in [2.75, 3.05) is 6.54 Å². The first-order valence-electron chi connectivity index (χ1n) is 8.42. The maximum atomic E-state index is 12.2. The number of fused-ring (bicyclic) bond motifs is 1. The third kappa shape index (κ3) is 3.50. The fourth-order valence-electron chi connectivity index (χ4n) is 3.61. The lowest BCUT2D eigenvalue weighted by Gasteiger charge is -2.37. The third-order valence-corrected chi connectivity index (χ3v) is 5.07. The number of rotatable bonds is 6. The Morgan fingerprint density at radius 1 is 1.32 bits per heavy atom. The molecule has 4 heteroatoms. The minimum atomic E-state index is -0.154. The Balaban J connectivity index is 1.41. The highest BCUT2D eigenvalue weighted by molar-refractivity contribution is 5.76. The van der Waals surface area contributed by atoms with Crippen molar-refractivity contribution in [3.05, 3.63) is 35.4 Å². The van der Waals surface area contributed by atoms with E-state index in [4.69, 9.17) is 0 Å². The molecule has 0 unspecified atom stereocenters. The van der Waals surface area contributed by atoms with E-state index < -0.39 is 0 Å². The van der Waals surface area contributed by atoms with Gasteiger partial charge in [-0.15, -0.1) is 0 Å². The molecule has 1 fully saturated rings. The molecule has 1 saturated carbocycles. The Morgan fingerprint density at radius 2 is 1.95 bits per heavy atom. The molecule has 0 saturated heterocycles. The summed E-state index contributed by atoms with van der Waals surface area (Å²) in [6.45, 7) is 4.82. The summed E-state index contributed by atoms with van der Waals surface area (Å²) < 4.78 is 0. The number of hydrogen-bond acceptors (Lipinski definition) is 3. The van der Waals surface area contributed by atoms with Gasteiger partial charge in [-0.2, -0.15) is 0 Å². The maximum absolute atomic E-state index is 12.2. The summed E-state index contributed by atoms with van der Waals surface area (Å²) in [5.41, 5.74) is 2.77. The van der Waals surface area contributed by atoms with E-state index in [1.165, 1.54) is 11.1 Å². The van der Waals surface area contributed by atoms with E-state index in [9.17, 15) is 9.90 Å². The molecule has 0 bridgehead atoms. The fourth-order valence-corrected chi connectivity index (χ4v) is 3.61. The van der Waals surface area contributed by atoms with E-state index in [1.807, 2.05) is 0 Å². The first-order valence-corrected chi connectivity index (χ1v) is 8.42. The number of aliphatic hydroxyl groups is 1. The van der Waals surface area contributed by atoms with Gasteiger partial charge in [0.15, 0.2) is 0 Å². The van der Waals surface area contributed by atoms with Crippen molar-refractivity contribution in [1.29, 1.82) is 0 Å². The molecule has 2 aliphatic rings. The molecular formula is C18H26N2O2. The average Bonchev–Trinajstić information content (AvgIpc) is 2.90. The summed E-state index contributed by atoms with van der Waals surface area (Å²) in [4.78, 5) is 14.5. The molecule has 1 aromatic rings. The number of benzene rings is 1. The lowest BCUT2D eigenvalue weighted by Crippen LogP contribution is -2.47. The summed E-state index contributed by atoms with van der Waals surface area (Å²) >= 11 is 0. The van der Waals surface area contributed by atoms with Crippen LogP contribution in [-0.2, 0) is 17.9 Å². The zero-order valence-corrected chi connectivity index (χ0v) is 13.3. The van der Waals surface area contributed by atoms with Crippen LogP contribution < -0.4 is 5.32 Å². The highest BCUT2D eigenvalue weighted by atomic mass is 16.3. The molecule has 2 N–H and O–H groups in total. The van der Waals surface area contributed by atoms with E-state index in [0.717, 1.165) is 38.9 Å². The largest absolute Gasteiger partial charge is 0.393 e. The average molecular weight is 302 g/mol. The van der Waals surface area contributed by atoms with E-state index >= 15 is 0 Å². The van der Waals surface area contributed by atoms with Crippen LogP contribution in [0.5, 0.6) is 0 Å². The summed E-state index contributed by atoms with van der Waals surface area (Å²) in [7, 11) is 0. The van der Waals surface area contributed by atoms with Crippen molar-refractivity contribution in [3.63, 3.8) is 0 Å². The van der Waals surface area contributed by atoms with Crippen LogP contribution in [0.3, 0.4) is 0 Å². The predicted octanol–water partition coefficient (Wildman–Crippen LogP) is 2.06. The van der Waals surface area contributed by atoms with Gasteiger partial charge < -0.3 is 10.4 Å². The number of carbonyl (C=O) groups is 1. The van der Waals surface area contributed by atoms with Gasteiger partial charge in [-0.1, -0.05) is 31.2 Å². The van der Waals surface area contributed by atoms with Gasteiger partial charge in [0.25, 0.3) is 0 Å². The predicted molar refractivity (Wildman–Crippen MR) is 86.1 cm³/mol. The van der Waals surface area contributed by atoms with Crippen molar-refractivity contribution in [3.8, 4) is 0 Å². The first-order chi connectivity index (χ1) is 10.7. The van der Waals surface area contributed by atoms with Gasteiger partial charge in [-0.05, 0) is 36.3 Å². The summed E-state index contributed by atoms with van der Waals surface area (Å²) in [5, 5.41) is 12.6. The Bertz CT molecular complexity index is 501. The number of carbonyl (C=O) groups excluding carboxylic acids is 1. The molecule has 4 nitrogen and oxygen atoms in total. The molecular weight excluding hydrogens is 276 g/mol. The van der Waals surface area contributed by atoms with Crippen molar-refractivity contribution in [2.45, 2.75) is 57.8 Å². The van der Waals surface area contributed by atoms with E-state index in [2.05, 4.69) is 41.4 Å². The lowest BCUT2D eigenvalue weighted by atomic mass is 9.76. The van der Waals surface area contributed by atoms with Crippen LogP contribution in [0.1, 0.15) is 43.7 Å². The third-order valence-electron chi connectivity index (χ3n) is 5.07. The number of nitrogens with zero attached hydrogens (tertiary/aromatic N) is 1. The van der Waals surface area contributed by atoms with Gasteiger partial charge in [0.2, 0.25) is 5.91 Å². The molecule has 1 heterocycles. The quantitative estimate of drug-likeness (QED) is 0.846. The second-order valence-electron chi connectivity index (χ2n) is 6.70. The molecule has 1 aliphatic carbocycles. The zero-order valence-electron chi connectivity index (χ0n) is 13.3. The molecule has 1 aliphatic heterocycles. The minimum absolute atomic E-state index is 0.143. The van der Waals surface area contributed by atoms with Crippen molar-refractivity contribution in [2.24, 2.45) is 5.92 Å². The molecule has 3 rings (SSSR count). The molecule has 1 amide bonds. The number of aliphatic hydroxyl groups excluding tert-OH is 1. The highest BCUT2D eigenvalue weighted by Gasteiger charge is 2.33. The van der Waals surface area contributed by atoms with Gasteiger partial charge in [0.05, 0.1) is 6.10 Å². The van der Waals surface area contributed by atoms with Gasteiger partial charge in [-0.25, -0.2) is 0 Å². The van der Waals surface area contributed by atoms with E-state index in [-0.39, 0.29) is 18.1 Å². The van der Waals surface area contributed by atoms with Gasteiger partial charge >= 0.3 is 0 Å². The molecule has 1 atom stereocenters. The van der Waals surface area contributed by atoms with Crippen LogP contribution >= 0.6 is 0 Å². The van der Waals surface area contributed by atoms with Crippen molar-refractivity contribution >= 4 is 5.91 Å². The van der Waals surface area contributed by atoms with Crippen LogP contribution in [0.2, 0.25) is 0 Å². The first kappa shape index (κ1) is 15.5. The fraction of sp³-hybridized carbons (Fsp3) is 0.611. The number of nitrogens with one attached hydrogen (secondary N) is 1. The van der Waals surface area contributed by atoms with E-state index in [1.54, 1.807) is 0 Å². The summed E-state index contributed by atoms with van der Waals surface area (Å²) in [6.07, 6.45) is 3.01. The summed E-state index contributed by atoms with van der Waals surface area (Å²) in [6, 6.07) is 8.73. The van der Waals surface area contributed by atoms with Crippen LogP contribution in [0.15, 0.2) is 24.3 Å². The van der Waals surface area contributed by atoms with Crippen LogP contribution in [0.25, 0.3) is 0 Å². The summed E-state index contributed by atoms with van der Waals surface area (Å²) in [5.74, 6) is 0.601. The Labute approximate surface area is 132 Å². The van der Waals surface area contributed by atoms with Crippen LogP contribution in [0, 0.1) is 5.92 Å². The van der Waals surface area contributed by atoms with E-state index in [0.29, 0.717) is 12.3 Å². The standard InChI is InChI=1S/C18H26N2O2/c1-2-17(15-9-16(21)10-15)19-18(22)7-8-20-11-13-5-3-4-6-14(13)12-20/h3-6,15-17,21H,2,7-12H2,1H3,(H,19,22)/t15?,16?,17-/m0/s1. The van der Waals surface area contributed by atoms with Gasteiger partial charge in [0.1, 0.15) is 0 Å². The topological polar surface area (TPSA) is 52.6 Å². The maximum Gasteiger partial charge on any atom is 0.221 e.